The summed E-state index contributed by atoms with van der Waals surface area (Å²) in [4.78, 5) is 0. The average Bonchev–Trinajstić information content (AvgIpc) is 2.93. The van der Waals surface area contributed by atoms with Crippen LogP contribution in [0.5, 0.6) is 5.75 Å². The lowest BCUT2D eigenvalue weighted by molar-refractivity contribution is 0.260. The van der Waals surface area contributed by atoms with E-state index in [-0.39, 0.29) is 11.7 Å². The number of hydrogen-bond donors (Lipinski definition) is 0. The molecule has 1 aliphatic rings. The van der Waals surface area contributed by atoms with Crippen LogP contribution in [-0.2, 0) is 12.8 Å². The standard InChI is InChI=1S/C35H39FO/c1-3-5-6-8-28-17-22-33(23-18-28)37-26-31-13-10-29(11-14-31)9-12-30-19-24-34(35(36)25-30)32-20-15-27(7-4-2)16-21-32/h10,13,15-25,29,31H,3-8,11,14,26H2,1-2H3. The maximum absolute atomic E-state index is 14.8. The van der Waals surface area contributed by atoms with Gasteiger partial charge in [0.2, 0.25) is 0 Å². The molecule has 4 rings (SSSR count). The van der Waals surface area contributed by atoms with Crippen molar-refractivity contribution in [1.29, 1.82) is 0 Å². The molecule has 0 fully saturated rings. The number of unbranched alkanes of at least 4 members (excludes halogenated alkanes) is 2. The summed E-state index contributed by atoms with van der Waals surface area (Å²) in [6, 6.07) is 22.1. The van der Waals surface area contributed by atoms with E-state index in [4.69, 9.17) is 4.74 Å². The highest BCUT2D eigenvalue weighted by molar-refractivity contribution is 5.65. The van der Waals surface area contributed by atoms with Crippen molar-refractivity contribution in [2.75, 3.05) is 6.61 Å². The minimum atomic E-state index is -0.222. The lowest BCUT2D eigenvalue weighted by atomic mass is 9.89. The molecule has 0 spiro atoms. The van der Waals surface area contributed by atoms with Crippen LogP contribution in [0.4, 0.5) is 4.39 Å². The van der Waals surface area contributed by atoms with E-state index >= 15 is 0 Å². The van der Waals surface area contributed by atoms with Crippen LogP contribution in [0.25, 0.3) is 11.1 Å². The molecule has 0 N–H and O–H groups in total. The van der Waals surface area contributed by atoms with Gasteiger partial charge in [0, 0.05) is 23.0 Å². The molecule has 2 atom stereocenters. The Morgan fingerprint density at radius 3 is 2.24 bits per heavy atom. The number of aryl methyl sites for hydroxylation is 2. The SMILES string of the molecule is CCCCCc1ccc(OCC2C=CC(C#Cc3ccc(-c4ccc(CCC)cc4)c(F)c3)CC2)cc1. The first-order chi connectivity index (χ1) is 18.1. The summed E-state index contributed by atoms with van der Waals surface area (Å²) >= 11 is 0. The summed E-state index contributed by atoms with van der Waals surface area (Å²) in [7, 11) is 0. The summed E-state index contributed by atoms with van der Waals surface area (Å²) in [5.74, 6) is 7.83. The summed E-state index contributed by atoms with van der Waals surface area (Å²) < 4.78 is 20.9. The van der Waals surface area contributed by atoms with E-state index in [1.807, 2.05) is 24.3 Å². The largest absolute Gasteiger partial charge is 0.493 e. The lowest BCUT2D eigenvalue weighted by Crippen LogP contribution is -2.15. The molecule has 37 heavy (non-hydrogen) atoms. The molecular weight excluding hydrogens is 455 g/mol. The van der Waals surface area contributed by atoms with Crippen LogP contribution in [0.1, 0.15) is 69.1 Å². The van der Waals surface area contributed by atoms with Crippen LogP contribution in [0.15, 0.2) is 78.9 Å². The first-order valence-electron chi connectivity index (χ1n) is 13.9. The van der Waals surface area contributed by atoms with Gasteiger partial charge in [0.15, 0.2) is 0 Å². The first kappa shape index (κ1) is 26.7. The zero-order valence-corrected chi connectivity index (χ0v) is 22.3. The van der Waals surface area contributed by atoms with Gasteiger partial charge < -0.3 is 4.74 Å². The predicted molar refractivity (Wildman–Crippen MR) is 153 cm³/mol. The van der Waals surface area contributed by atoms with Gasteiger partial charge in [-0.15, -0.1) is 0 Å². The maximum atomic E-state index is 14.8. The Balaban J connectivity index is 1.27. The van der Waals surface area contributed by atoms with Gasteiger partial charge in [0.1, 0.15) is 11.6 Å². The fourth-order valence-electron chi connectivity index (χ4n) is 4.81. The van der Waals surface area contributed by atoms with E-state index in [0.717, 1.165) is 49.0 Å². The number of halogens is 1. The van der Waals surface area contributed by atoms with E-state index in [1.165, 1.54) is 30.4 Å². The lowest BCUT2D eigenvalue weighted by Gasteiger charge is -2.20. The second-order valence-corrected chi connectivity index (χ2v) is 10.2. The zero-order valence-electron chi connectivity index (χ0n) is 22.3. The fourth-order valence-corrected chi connectivity index (χ4v) is 4.81. The van der Waals surface area contributed by atoms with Crippen LogP contribution < -0.4 is 4.74 Å². The minimum absolute atomic E-state index is 0.201. The highest BCUT2D eigenvalue weighted by atomic mass is 19.1. The molecule has 0 aromatic heterocycles. The second kappa shape index (κ2) is 13.8. The van der Waals surface area contributed by atoms with Crippen molar-refractivity contribution < 1.29 is 9.13 Å². The number of ether oxygens (including phenoxy) is 1. The molecule has 3 aromatic carbocycles. The normalized spacial score (nSPS) is 16.7. The van der Waals surface area contributed by atoms with Gasteiger partial charge in [-0.25, -0.2) is 4.39 Å². The third kappa shape index (κ3) is 8.09. The van der Waals surface area contributed by atoms with Gasteiger partial charge in [-0.1, -0.05) is 99.6 Å². The summed E-state index contributed by atoms with van der Waals surface area (Å²) in [6.45, 7) is 5.09. The van der Waals surface area contributed by atoms with Crippen LogP contribution in [-0.4, -0.2) is 6.61 Å². The quantitative estimate of drug-likeness (QED) is 0.155. The Morgan fingerprint density at radius 1 is 0.811 bits per heavy atom. The molecule has 2 heteroatoms. The van der Waals surface area contributed by atoms with Crippen LogP contribution in [0.3, 0.4) is 0 Å². The van der Waals surface area contributed by atoms with Crippen molar-refractivity contribution in [3.63, 3.8) is 0 Å². The van der Waals surface area contributed by atoms with Gasteiger partial charge >= 0.3 is 0 Å². The van der Waals surface area contributed by atoms with Crippen molar-refractivity contribution in [3.8, 4) is 28.7 Å². The highest BCUT2D eigenvalue weighted by Crippen LogP contribution is 2.26. The molecule has 1 aliphatic carbocycles. The second-order valence-electron chi connectivity index (χ2n) is 10.2. The van der Waals surface area contributed by atoms with Gasteiger partial charge in [-0.2, -0.15) is 0 Å². The molecule has 0 aliphatic heterocycles. The van der Waals surface area contributed by atoms with Crippen molar-refractivity contribution >= 4 is 0 Å². The Morgan fingerprint density at radius 2 is 1.57 bits per heavy atom. The van der Waals surface area contributed by atoms with Gasteiger partial charge in [0.25, 0.3) is 0 Å². The molecule has 1 nitrogen and oxygen atoms in total. The van der Waals surface area contributed by atoms with Gasteiger partial charge in [0.05, 0.1) is 6.61 Å². The Kier molecular flexibility index (Phi) is 10.0. The number of hydrogen-bond acceptors (Lipinski definition) is 1. The predicted octanol–water partition coefficient (Wildman–Crippen LogP) is 9.19. The number of allylic oxidation sites excluding steroid dienone is 1. The molecule has 192 valence electrons. The topological polar surface area (TPSA) is 9.23 Å². The third-order valence-corrected chi connectivity index (χ3v) is 7.10. The van der Waals surface area contributed by atoms with Gasteiger partial charge in [-0.3, -0.25) is 0 Å². The minimum Gasteiger partial charge on any atom is -0.493 e. The van der Waals surface area contributed by atoms with Crippen LogP contribution in [0.2, 0.25) is 0 Å². The van der Waals surface area contributed by atoms with E-state index < -0.39 is 0 Å². The van der Waals surface area contributed by atoms with Crippen LogP contribution >= 0.6 is 0 Å². The smallest absolute Gasteiger partial charge is 0.132 e. The highest BCUT2D eigenvalue weighted by Gasteiger charge is 2.15. The molecule has 0 bridgehead atoms. The molecule has 0 radical (unpaired) electrons. The molecule has 0 saturated heterocycles. The Bertz CT molecular complexity index is 1210. The van der Waals surface area contributed by atoms with Gasteiger partial charge in [-0.05, 0) is 73.1 Å². The van der Waals surface area contributed by atoms with Crippen molar-refractivity contribution in [2.24, 2.45) is 11.8 Å². The number of benzene rings is 3. The fraction of sp³-hybridized carbons (Fsp3) is 0.371. The van der Waals surface area contributed by atoms with Crippen LogP contribution in [0, 0.1) is 29.5 Å². The van der Waals surface area contributed by atoms with E-state index in [0.29, 0.717) is 18.1 Å². The molecule has 0 saturated carbocycles. The van der Waals surface area contributed by atoms with Crippen molar-refractivity contribution in [3.05, 3.63) is 101 Å². The average molecular weight is 495 g/mol. The monoisotopic (exact) mass is 494 g/mol. The Labute approximate surface area is 222 Å². The van der Waals surface area contributed by atoms with E-state index in [1.54, 1.807) is 6.07 Å². The number of rotatable bonds is 10. The van der Waals surface area contributed by atoms with E-state index in [2.05, 4.69) is 74.2 Å². The summed E-state index contributed by atoms with van der Waals surface area (Å²) in [6.07, 6.45) is 13.6. The molecule has 0 heterocycles. The maximum Gasteiger partial charge on any atom is 0.132 e. The molecule has 2 unspecified atom stereocenters. The zero-order chi connectivity index (χ0) is 25.9. The van der Waals surface area contributed by atoms with Crippen molar-refractivity contribution in [2.45, 2.75) is 65.2 Å². The molecule has 0 amide bonds. The molecular formula is C35H39FO. The first-order valence-corrected chi connectivity index (χ1v) is 13.9. The Hall–Kier alpha value is -3.31. The van der Waals surface area contributed by atoms with Crippen molar-refractivity contribution in [1.82, 2.24) is 0 Å². The summed E-state index contributed by atoms with van der Waals surface area (Å²) in [5, 5.41) is 0. The summed E-state index contributed by atoms with van der Waals surface area (Å²) in [5.41, 5.74) is 4.93. The third-order valence-electron chi connectivity index (χ3n) is 7.10. The van der Waals surface area contributed by atoms with E-state index in [9.17, 15) is 4.39 Å². The molecule has 3 aromatic rings.